The van der Waals surface area contributed by atoms with Gasteiger partial charge in [0.2, 0.25) is 0 Å². The monoisotopic (exact) mass is 465 g/mol. The first-order valence-electron chi connectivity index (χ1n) is 10.3. The van der Waals surface area contributed by atoms with Crippen LogP contribution in [0.3, 0.4) is 0 Å². The Balaban J connectivity index is 1.41. The first-order valence-corrected chi connectivity index (χ1v) is 11.1. The van der Waals surface area contributed by atoms with Crippen molar-refractivity contribution in [1.29, 1.82) is 0 Å². The summed E-state index contributed by atoms with van der Waals surface area (Å²) in [5.41, 5.74) is 0.859. The van der Waals surface area contributed by atoms with E-state index in [1.165, 1.54) is 42.7 Å². The van der Waals surface area contributed by atoms with Crippen LogP contribution < -0.4 is 10.2 Å². The van der Waals surface area contributed by atoms with E-state index >= 15 is 0 Å². The fourth-order valence-corrected chi connectivity index (χ4v) is 4.69. The molecule has 1 aliphatic heterocycles. The molecule has 0 bridgehead atoms. The molecular formula is C21H25F2N5O3S. The molecule has 3 heterocycles. The minimum Gasteiger partial charge on any atom is -0.390 e. The number of rotatable bonds is 6. The predicted octanol–water partition coefficient (Wildman–Crippen LogP) is 2.28. The normalized spacial score (nSPS) is 20.3. The Labute approximate surface area is 187 Å². The van der Waals surface area contributed by atoms with Crippen molar-refractivity contribution in [2.45, 2.75) is 38.4 Å². The second-order valence-electron chi connectivity index (χ2n) is 7.95. The lowest BCUT2D eigenvalue weighted by Crippen LogP contribution is -2.57. The minimum atomic E-state index is -1.21. The van der Waals surface area contributed by atoms with E-state index in [9.17, 15) is 24.1 Å². The molecule has 32 heavy (non-hydrogen) atoms. The molecule has 4 atom stereocenters. The van der Waals surface area contributed by atoms with E-state index in [2.05, 4.69) is 15.3 Å². The molecule has 4 rings (SSSR count). The summed E-state index contributed by atoms with van der Waals surface area (Å²) >= 11 is 1.25. The third-order valence-corrected chi connectivity index (χ3v) is 6.47. The van der Waals surface area contributed by atoms with Gasteiger partial charge in [-0.1, -0.05) is 11.3 Å². The van der Waals surface area contributed by atoms with Crippen molar-refractivity contribution in [2.75, 3.05) is 29.9 Å². The quantitative estimate of drug-likeness (QED) is 0.411. The molecule has 1 unspecified atom stereocenters. The molecule has 0 spiro atoms. The molecule has 0 aliphatic carbocycles. The maximum atomic E-state index is 14.7. The number of nitrogens with one attached hydrogen (secondary N) is 1. The van der Waals surface area contributed by atoms with Crippen molar-refractivity contribution in [3.8, 4) is 0 Å². The minimum absolute atomic E-state index is 0.154. The number of anilines is 2. The summed E-state index contributed by atoms with van der Waals surface area (Å²) < 4.78 is 28.8. The lowest BCUT2D eigenvalue weighted by atomic mass is 10.1. The summed E-state index contributed by atoms with van der Waals surface area (Å²) in [5, 5.41) is 33.5. The van der Waals surface area contributed by atoms with Gasteiger partial charge in [0.05, 0.1) is 16.3 Å². The Morgan fingerprint density at radius 3 is 2.66 bits per heavy atom. The number of pyridine rings is 1. The Morgan fingerprint density at radius 2 is 1.97 bits per heavy atom. The van der Waals surface area contributed by atoms with Gasteiger partial charge in [0.1, 0.15) is 11.9 Å². The molecule has 2 aromatic heterocycles. The number of hydrogen-bond acceptors (Lipinski definition) is 9. The fourth-order valence-electron chi connectivity index (χ4n) is 3.78. The van der Waals surface area contributed by atoms with Crippen molar-refractivity contribution in [3.63, 3.8) is 0 Å². The predicted molar refractivity (Wildman–Crippen MR) is 118 cm³/mol. The van der Waals surface area contributed by atoms with E-state index in [0.29, 0.717) is 35.0 Å². The van der Waals surface area contributed by atoms with Gasteiger partial charge in [-0.25, -0.2) is 18.7 Å². The Morgan fingerprint density at radius 1 is 1.19 bits per heavy atom. The van der Waals surface area contributed by atoms with Gasteiger partial charge < -0.3 is 25.5 Å². The zero-order valence-corrected chi connectivity index (χ0v) is 18.4. The molecule has 1 saturated heterocycles. The van der Waals surface area contributed by atoms with Crippen LogP contribution in [0.2, 0.25) is 0 Å². The third-order valence-electron chi connectivity index (χ3n) is 5.52. The molecule has 0 saturated carbocycles. The zero-order valence-electron chi connectivity index (χ0n) is 17.6. The third kappa shape index (κ3) is 4.66. The Kier molecular flexibility index (Phi) is 6.54. The summed E-state index contributed by atoms with van der Waals surface area (Å²) in [5.74, 6) is -0.760. The number of halogens is 2. The van der Waals surface area contributed by atoms with E-state index < -0.39 is 24.4 Å². The summed E-state index contributed by atoms with van der Waals surface area (Å²) in [6.07, 6.45) is -1.89. The summed E-state index contributed by atoms with van der Waals surface area (Å²) in [6, 6.07) is 5.36. The molecule has 1 fully saturated rings. The van der Waals surface area contributed by atoms with Crippen LogP contribution in [0.15, 0.2) is 30.5 Å². The molecule has 172 valence electrons. The summed E-state index contributed by atoms with van der Waals surface area (Å²) in [4.78, 5) is 12.1. The molecule has 1 aromatic carbocycles. The topological polar surface area (TPSA) is 105 Å². The largest absolute Gasteiger partial charge is 0.390 e. The van der Waals surface area contributed by atoms with E-state index in [1.807, 2.05) is 6.92 Å². The number of aliphatic hydroxyl groups is 3. The first-order chi connectivity index (χ1) is 15.2. The van der Waals surface area contributed by atoms with Crippen molar-refractivity contribution in [2.24, 2.45) is 0 Å². The van der Waals surface area contributed by atoms with Crippen molar-refractivity contribution >= 4 is 32.5 Å². The second kappa shape index (κ2) is 9.20. The van der Waals surface area contributed by atoms with Crippen LogP contribution in [0, 0.1) is 11.6 Å². The molecule has 3 aromatic rings. The van der Waals surface area contributed by atoms with Crippen molar-refractivity contribution in [3.05, 3.63) is 47.7 Å². The standard InChI is InChI=1S/C21H25F2N5O3S/c1-11-10-27(21(31)26-20-25-16-4-3-14(22)8-17(16)32-20)5-6-28(11)19-15(23)7-13(9-24-19)18(30)12(2)29/h3-4,7-9,11-12,18,21,29-31H,5-6,10H2,1-2H3,(H,25,26)/t11-,12-,18+,21?/m0/s1. The summed E-state index contributed by atoms with van der Waals surface area (Å²) in [6.45, 7) is 4.63. The highest BCUT2D eigenvalue weighted by Crippen LogP contribution is 2.28. The molecule has 0 amide bonds. The number of thiazole rings is 1. The number of piperazine rings is 1. The number of fused-ring (bicyclic) bond motifs is 1. The van der Waals surface area contributed by atoms with Crippen LogP contribution in [0.25, 0.3) is 10.2 Å². The Hall–Kier alpha value is -2.44. The van der Waals surface area contributed by atoms with Gasteiger partial charge in [-0.2, -0.15) is 0 Å². The van der Waals surface area contributed by atoms with Crippen LogP contribution in [-0.4, -0.2) is 68.3 Å². The molecule has 4 N–H and O–H groups in total. The average molecular weight is 466 g/mol. The van der Waals surface area contributed by atoms with E-state index in [1.54, 1.807) is 15.9 Å². The van der Waals surface area contributed by atoms with Crippen LogP contribution in [0.4, 0.5) is 19.7 Å². The highest BCUT2D eigenvalue weighted by atomic mass is 32.1. The number of nitrogens with zero attached hydrogens (tertiary/aromatic N) is 4. The van der Waals surface area contributed by atoms with Gasteiger partial charge in [0.25, 0.3) is 0 Å². The molecule has 11 heteroatoms. The average Bonchev–Trinajstić information content (AvgIpc) is 3.14. The van der Waals surface area contributed by atoms with Crippen LogP contribution in [0.5, 0.6) is 0 Å². The smallest absolute Gasteiger partial charge is 0.186 e. The Bertz CT molecular complexity index is 1100. The zero-order chi connectivity index (χ0) is 23.0. The van der Waals surface area contributed by atoms with Crippen LogP contribution in [-0.2, 0) is 0 Å². The van der Waals surface area contributed by atoms with E-state index in [4.69, 9.17) is 0 Å². The molecular weight excluding hydrogens is 440 g/mol. The fraction of sp³-hybridized carbons (Fsp3) is 0.429. The highest BCUT2D eigenvalue weighted by molar-refractivity contribution is 7.22. The lowest BCUT2D eigenvalue weighted by Gasteiger charge is -2.42. The van der Waals surface area contributed by atoms with Gasteiger partial charge in [-0.05, 0) is 38.1 Å². The molecule has 0 radical (unpaired) electrons. The maximum absolute atomic E-state index is 14.7. The van der Waals surface area contributed by atoms with Gasteiger partial charge >= 0.3 is 0 Å². The first kappa shape index (κ1) is 22.7. The van der Waals surface area contributed by atoms with Crippen molar-refractivity contribution in [1.82, 2.24) is 14.9 Å². The van der Waals surface area contributed by atoms with Gasteiger partial charge in [0, 0.05) is 37.4 Å². The van der Waals surface area contributed by atoms with Gasteiger partial charge in [-0.3, -0.25) is 4.90 Å². The number of hydrogen-bond donors (Lipinski definition) is 4. The molecule has 8 nitrogen and oxygen atoms in total. The van der Waals surface area contributed by atoms with E-state index in [0.717, 1.165) is 0 Å². The maximum Gasteiger partial charge on any atom is 0.186 e. The lowest BCUT2D eigenvalue weighted by molar-refractivity contribution is 0.0145. The molecule has 1 aliphatic rings. The van der Waals surface area contributed by atoms with Gasteiger partial charge in [-0.15, -0.1) is 0 Å². The SMILES string of the molecule is C[C@H](O)[C@@H](O)c1cnc(N2CCN(C(O)Nc3nc4ccc(F)cc4s3)C[C@@H]2C)c(F)c1. The summed E-state index contributed by atoms with van der Waals surface area (Å²) in [7, 11) is 0. The van der Waals surface area contributed by atoms with Crippen LogP contribution in [0.1, 0.15) is 25.5 Å². The number of aromatic nitrogens is 2. The highest BCUT2D eigenvalue weighted by Gasteiger charge is 2.30. The van der Waals surface area contributed by atoms with E-state index in [-0.39, 0.29) is 23.2 Å². The van der Waals surface area contributed by atoms with Crippen LogP contribution >= 0.6 is 11.3 Å². The number of aliphatic hydroxyl groups excluding tert-OH is 3. The number of benzene rings is 1. The van der Waals surface area contributed by atoms with Gasteiger partial charge in [0.15, 0.2) is 23.1 Å². The van der Waals surface area contributed by atoms with Crippen molar-refractivity contribution < 1.29 is 24.1 Å². The second-order valence-corrected chi connectivity index (χ2v) is 8.98.